The van der Waals surface area contributed by atoms with Gasteiger partial charge in [0, 0.05) is 33.9 Å². The minimum atomic E-state index is -3.19. The van der Waals surface area contributed by atoms with Gasteiger partial charge in [0.05, 0.1) is 45.8 Å². The molecule has 12 aromatic rings. The van der Waals surface area contributed by atoms with Crippen LogP contribution in [0, 0.1) is 12.2 Å². The minimum Gasteiger partial charge on any atom is -0.458 e. The van der Waals surface area contributed by atoms with Crippen molar-refractivity contribution in [2.45, 2.75) is 104 Å². The zero-order chi connectivity index (χ0) is 67.4. The molecular formula is C77H68N4O. The Hall–Kier alpha value is -8.80. The highest BCUT2D eigenvalue weighted by atomic mass is 16.5. The van der Waals surface area contributed by atoms with Crippen LogP contribution in [0.4, 0.5) is 0 Å². The summed E-state index contributed by atoms with van der Waals surface area (Å²) >= 11 is 0. The first-order valence-electron chi connectivity index (χ1n) is 34.7. The number of benzene rings is 9. The van der Waals surface area contributed by atoms with Gasteiger partial charge in [-0.2, -0.15) is 0 Å². The Balaban J connectivity index is 1.06. The van der Waals surface area contributed by atoms with Crippen molar-refractivity contribution in [3.8, 4) is 84.3 Å². The summed E-state index contributed by atoms with van der Waals surface area (Å²) in [4.78, 5) is 5.05. The molecule has 0 N–H and O–H groups in total. The number of ether oxygens (including phenoxy) is 1. The maximum absolute atomic E-state index is 10.3. The Morgan fingerprint density at radius 2 is 1.24 bits per heavy atom. The van der Waals surface area contributed by atoms with Gasteiger partial charge in [0.1, 0.15) is 17.3 Å². The number of hydrogen-bond acceptors (Lipinski definition) is 2. The largest absolute Gasteiger partial charge is 0.458 e. The molecule has 9 aromatic carbocycles. The van der Waals surface area contributed by atoms with Gasteiger partial charge in [-0.15, -0.1) is 0 Å². The lowest BCUT2D eigenvalue weighted by Crippen LogP contribution is -2.33. The van der Waals surface area contributed by atoms with Crippen molar-refractivity contribution in [1.82, 2.24) is 14.1 Å². The molecule has 1 aliphatic heterocycles. The van der Waals surface area contributed by atoms with Gasteiger partial charge < -0.3 is 4.74 Å². The fraction of sp³-hybridized carbons (Fsp3) is 0.221. The van der Waals surface area contributed by atoms with Gasteiger partial charge in [0.15, 0.2) is 0 Å². The van der Waals surface area contributed by atoms with E-state index in [2.05, 4.69) is 89.7 Å². The van der Waals surface area contributed by atoms with Gasteiger partial charge in [0.25, 0.3) is 6.33 Å². The van der Waals surface area contributed by atoms with Crippen LogP contribution in [0.1, 0.15) is 128 Å². The molecule has 0 radical (unpaired) electrons. The van der Waals surface area contributed by atoms with Crippen molar-refractivity contribution in [3.63, 3.8) is 0 Å². The summed E-state index contributed by atoms with van der Waals surface area (Å²) in [6.07, 6.45) is 7.67. The third-order valence-corrected chi connectivity index (χ3v) is 18.0. The molecule has 0 saturated carbocycles. The molecule has 0 amide bonds. The standard InChI is InChI=1S/C77H68N4O/c1-47(2)77(10)64-33-19-18-30-58(64)62-43-63-57-29-17-15-27-55(57)54-26-14-16-28-56(54)60-32-21-31-53(48-22-12-11-13-23-48)71(60)80-46-79(73(70(62)77)72(63)80)50-24-20-25-51(41-50)82-52-34-35-59-61-44-65-66(76(8,9)38-37-75(65,6)7)45-68(61)81(67(59)42-52)69-40-49(36-39-78-69)74(3,4)5/h11-36,39-45,47H,37-38H2,1-10H3/i10D3,11D,12D,13D,18D,19D,22D,23D,30D,33D,47D. The number of imidazole rings is 1. The van der Waals surface area contributed by atoms with E-state index in [-0.39, 0.29) is 55.1 Å². The maximum Gasteiger partial charge on any atom is 0.269 e. The molecule has 82 heavy (non-hydrogen) atoms. The summed E-state index contributed by atoms with van der Waals surface area (Å²) in [5.74, 6) is -0.426. The molecule has 0 spiro atoms. The molecule has 0 saturated heterocycles. The number of hydrogen-bond donors (Lipinski definition) is 0. The summed E-state index contributed by atoms with van der Waals surface area (Å²) < 4.78 is 136. The van der Waals surface area contributed by atoms with Crippen LogP contribution < -0.4 is 9.30 Å². The number of nitrogens with zero attached hydrogens (tertiary/aromatic N) is 4. The molecule has 402 valence electrons. The van der Waals surface area contributed by atoms with Gasteiger partial charge in [0.2, 0.25) is 0 Å². The van der Waals surface area contributed by atoms with E-state index in [0.717, 1.165) is 57.2 Å². The zero-order valence-electron chi connectivity index (χ0n) is 60.5. The highest BCUT2D eigenvalue weighted by Crippen LogP contribution is 2.58. The number of para-hydroxylation sites is 1. The Morgan fingerprint density at radius 3 is 1.96 bits per heavy atom. The fourth-order valence-corrected chi connectivity index (χ4v) is 13.5. The van der Waals surface area contributed by atoms with Crippen LogP contribution >= 0.6 is 0 Å². The van der Waals surface area contributed by atoms with Crippen LogP contribution in [-0.4, -0.2) is 14.1 Å². The predicted octanol–water partition coefficient (Wildman–Crippen LogP) is 19.6. The Bertz CT molecular complexity index is 5330. The van der Waals surface area contributed by atoms with Crippen LogP contribution in [0.25, 0.3) is 106 Å². The van der Waals surface area contributed by atoms with E-state index in [1.165, 1.54) is 25.0 Å². The first-order chi connectivity index (χ1) is 44.8. The third-order valence-electron chi connectivity index (χ3n) is 18.0. The van der Waals surface area contributed by atoms with E-state index in [0.29, 0.717) is 50.6 Å². The highest BCUT2D eigenvalue weighted by molar-refractivity contribution is 6.11. The lowest BCUT2D eigenvalue weighted by Gasteiger charge is -2.42. The lowest BCUT2D eigenvalue weighted by atomic mass is 9.63. The molecule has 3 aromatic heterocycles. The molecule has 0 fully saturated rings. The second kappa shape index (κ2) is 17.8. The van der Waals surface area contributed by atoms with Crippen molar-refractivity contribution in [2.75, 3.05) is 0 Å². The van der Waals surface area contributed by atoms with E-state index in [9.17, 15) is 13.7 Å². The number of aromatic nitrogens is 4. The second-order valence-electron chi connectivity index (χ2n) is 25.1. The monoisotopic (exact) mass is 1080 g/mol. The van der Waals surface area contributed by atoms with E-state index >= 15 is 0 Å². The zero-order valence-corrected chi connectivity index (χ0v) is 47.5. The molecule has 0 bridgehead atoms. The van der Waals surface area contributed by atoms with E-state index in [1.54, 1.807) is 27.3 Å². The third kappa shape index (κ3) is 7.37. The van der Waals surface area contributed by atoms with Gasteiger partial charge in [-0.1, -0.05) is 202 Å². The summed E-state index contributed by atoms with van der Waals surface area (Å²) in [5.41, 5.74) is 8.11. The minimum absolute atomic E-state index is 0.0338. The van der Waals surface area contributed by atoms with Crippen molar-refractivity contribution < 1.29 is 27.1 Å². The lowest BCUT2D eigenvalue weighted by molar-refractivity contribution is -0.570. The van der Waals surface area contributed by atoms with Gasteiger partial charge in [-0.3, -0.25) is 13.7 Å². The van der Waals surface area contributed by atoms with Gasteiger partial charge in [-0.05, 0) is 173 Å². The van der Waals surface area contributed by atoms with Crippen molar-refractivity contribution in [2.24, 2.45) is 5.89 Å². The van der Waals surface area contributed by atoms with Crippen LogP contribution in [0.2, 0.25) is 0 Å². The van der Waals surface area contributed by atoms with E-state index in [4.69, 9.17) is 13.8 Å². The Morgan fingerprint density at radius 1 is 0.610 bits per heavy atom. The summed E-state index contributed by atoms with van der Waals surface area (Å²) in [7, 11) is 0. The van der Waals surface area contributed by atoms with E-state index in [1.807, 2.05) is 97.2 Å². The topological polar surface area (TPSA) is 35.9 Å². The SMILES string of the molecule is [2H]c1c([2H])c([2H])c(-c2cccc3c2-[n+]2[c-]n(-c4cccc(Oc5ccc6c7cc8c(cc7n(-c7cc(C(C)(C)C)ccn7)c6c5)C(C)(C)CCC8(C)C)c4)c4c5c(cc(c42)-c2ccccc2-c2ccccc2-3)-c2c([2H])c([2H])c([2H])c([2H])c2C5(C([2H])([2H])[2H])C([2H])(C)C)c([2H])c1[2H]. The van der Waals surface area contributed by atoms with Crippen LogP contribution in [0.5, 0.6) is 11.5 Å². The van der Waals surface area contributed by atoms with Gasteiger partial charge >= 0.3 is 0 Å². The summed E-state index contributed by atoms with van der Waals surface area (Å²) in [5, 5.41) is 2.12. The van der Waals surface area contributed by atoms with Crippen LogP contribution in [0.15, 0.2) is 200 Å². The Labute approximate surface area is 500 Å². The second-order valence-corrected chi connectivity index (χ2v) is 25.1. The molecule has 15 rings (SSSR count). The quantitative estimate of drug-likeness (QED) is 0.123. The molecular weight excluding hydrogens is 997 g/mol. The van der Waals surface area contributed by atoms with E-state index < -0.39 is 72.5 Å². The average Bonchev–Trinajstić information content (AvgIpc) is 1.50. The molecule has 2 aliphatic carbocycles. The van der Waals surface area contributed by atoms with Crippen LogP contribution in [0.3, 0.4) is 0 Å². The number of pyridine rings is 1. The maximum atomic E-state index is 10.3. The number of rotatable bonds is 6. The first-order valence-corrected chi connectivity index (χ1v) is 28.2. The molecule has 1 unspecified atom stereocenters. The molecule has 4 heterocycles. The summed E-state index contributed by atoms with van der Waals surface area (Å²) in [6.45, 7) is 15.6. The smallest absolute Gasteiger partial charge is 0.269 e. The molecule has 5 nitrogen and oxygen atoms in total. The predicted molar refractivity (Wildman–Crippen MR) is 338 cm³/mol. The van der Waals surface area contributed by atoms with Crippen LogP contribution in [-0.2, 0) is 21.7 Å². The first kappa shape index (κ1) is 38.0. The van der Waals surface area contributed by atoms with Crippen molar-refractivity contribution in [3.05, 3.63) is 234 Å². The normalized spacial score (nSPS) is 19.0. The number of fused-ring (bicyclic) bond motifs is 15. The fourth-order valence-electron chi connectivity index (χ4n) is 13.5. The molecule has 5 heteroatoms. The summed E-state index contributed by atoms with van der Waals surface area (Å²) in [6, 6.07) is 40.2. The van der Waals surface area contributed by atoms with Crippen molar-refractivity contribution in [1.29, 1.82) is 0 Å². The molecule has 1 atom stereocenters. The Kier molecular flexibility index (Phi) is 8.27. The molecule has 3 aliphatic rings. The average molecular weight is 1080 g/mol. The van der Waals surface area contributed by atoms with Crippen molar-refractivity contribution >= 4 is 32.8 Å². The highest BCUT2D eigenvalue weighted by Gasteiger charge is 2.45. The van der Waals surface area contributed by atoms with Gasteiger partial charge in [-0.25, -0.2) is 4.98 Å².